The van der Waals surface area contributed by atoms with Crippen molar-refractivity contribution in [2.24, 2.45) is 0 Å². The Morgan fingerprint density at radius 2 is 1.31 bits per heavy atom. The number of aliphatic carboxylic acids is 2. The number of rotatable bonds is 6. The zero-order chi connectivity index (χ0) is 19.4. The molecular weight excluding hydrogens is 344 g/mol. The minimum absolute atomic E-state index is 0.0632. The molecule has 0 saturated heterocycles. The van der Waals surface area contributed by atoms with Crippen LogP contribution in [0, 0.1) is 0 Å². The van der Waals surface area contributed by atoms with Gasteiger partial charge in [-0.3, -0.25) is 0 Å². The monoisotopic (exact) mass is 368 g/mol. The van der Waals surface area contributed by atoms with Gasteiger partial charge in [0, 0.05) is 11.6 Å². The zero-order valence-corrected chi connectivity index (χ0v) is 16.3. The van der Waals surface area contributed by atoms with E-state index in [1.807, 2.05) is 60.7 Å². The van der Waals surface area contributed by atoms with Crippen LogP contribution in [-0.2, 0) is 9.59 Å². The molecule has 0 unspecified atom stereocenters. The number of carboxylic acid groups (broad SMARTS) is 2. The second-order valence-corrected chi connectivity index (χ2v) is 12.2. The van der Waals surface area contributed by atoms with Crippen molar-refractivity contribution in [3.8, 4) is 0 Å². The molecule has 2 aromatic carbocycles. The third kappa shape index (κ3) is 3.94. The van der Waals surface area contributed by atoms with Gasteiger partial charge < -0.3 is 10.2 Å². The average molecular weight is 369 g/mol. The van der Waals surface area contributed by atoms with Crippen molar-refractivity contribution >= 4 is 30.4 Å². The molecule has 2 aromatic rings. The third-order valence-electron chi connectivity index (χ3n) is 4.84. The second kappa shape index (κ2) is 7.70. The molecule has 0 aliphatic rings. The van der Waals surface area contributed by atoms with Crippen LogP contribution in [0.4, 0.5) is 0 Å². The summed E-state index contributed by atoms with van der Waals surface area (Å²) in [4.78, 5) is 23.0. The van der Waals surface area contributed by atoms with Crippen LogP contribution in [0.1, 0.15) is 20.8 Å². The highest BCUT2D eigenvalue weighted by atomic mass is 28.3. The average Bonchev–Trinajstić information content (AvgIpc) is 2.58. The van der Waals surface area contributed by atoms with Gasteiger partial charge in [0.25, 0.3) is 0 Å². The van der Waals surface area contributed by atoms with E-state index in [1.54, 1.807) is 0 Å². The number of benzene rings is 2. The Morgan fingerprint density at radius 3 is 1.62 bits per heavy atom. The van der Waals surface area contributed by atoms with Gasteiger partial charge in [0.1, 0.15) is 8.07 Å². The van der Waals surface area contributed by atoms with Crippen LogP contribution in [0.25, 0.3) is 0 Å². The molecule has 5 heteroatoms. The van der Waals surface area contributed by atoms with Gasteiger partial charge in [-0.2, -0.15) is 0 Å². The highest BCUT2D eigenvalue weighted by Crippen LogP contribution is 2.40. The van der Waals surface area contributed by atoms with Crippen molar-refractivity contribution in [3.05, 3.63) is 72.3 Å². The summed E-state index contributed by atoms with van der Waals surface area (Å²) in [7, 11) is -2.65. The van der Waals surface area contributed by atoms with E-state index in [4.69, 9.17) is 5.11 Å². The molecule has 0 aliphatic heterocycles. The van der Waals surface area contributed by atoms with Crippen LogP contribution < -0.4 is 10.4 Å². The quantitative estimate of drug-likeness (QED) is 0.607. The Bertz CT molecular complexity index is 765. The Hall–Kier alpha value is -2.66. The maximum atomic E-state index is 11.8. The van der Waals surface area contributed by atoms with E-state index < -0.39 is 20.0 Å². The number of hydrogen-bond acceptors (Lipinski definition) is 2. The Labute approximate surface area is 154 Å². The molecule has 0 bridgehead atoms. The van der Waals surface area contributed by atoms with Gasteiger partial charge in [-0.15, -0.1) is 0 Å². The maximum absolute atomic E-state index is 11.8. The predicted molar refractivity (Wildman–Crippen MR) is 106 cm³/mol. The van der Waals surface area contributed by atoms with Crippen LogP contribution in [-0.4, -0.2) is 30.2 Å². The molecule has 0 aliphatic carbocycles. The minimum Gasteiger partial charge on any atom is -0.478 e. The molecule has 26 heavy (non-hydrogen) atoms. The Balaban J connectivity index is 2.80. The van der Waals surface area contributed by atoms with Gasteiger partial charge in [-0.25, -0.2) is 9.59 Å². The van der Waals surface area contributed by atoms with Gasteiger partial charge in [0.05, 0.1) is 0 Å². The van der Waals surface area contributed by atoms with Crippen LogP contribution >= 0.6 is 0 Å². The van der Waals surface area contributed by atoms with Crippen molar-refractivity contribution in [2.45, 2.75) is 31.9 Å². The van der Waals surface area contributed by atoms with Crippen molar-refractivity contribution in [3.63, 3.8) is 0 Å². The number of carboxylic acids is 2. The highest BCUT2D eigenvalue weighted by Gasteiger charge is 2.48. The summed E-state index contributed by atoms with van der Waals surface area (Å²) in [5.41, 5.74) is -0.0632. The molecule has 0 amide bonds. The normalized spacial score (nSPS) is 12.7. The first-order chi connectivity index (χ1) is 12.2. The van der Waals surface area contributed by atoms with Crippen molar-refractivity contribution in [1.82, 2.24) is 0 Å². The largest absolute Gasteiger partial charge is 0.478 e. The zero-order valence-electron chi connectivity index (χ0n) is 15.3. The lowest BCUT2D eigenvalue weighted by molar-refractivity contribution is -0.135. The van der Waals surface area contributed by atoms with Crippen LogP contribution in [0.5, 0.6) is 0 Å². The Morgan fingerprint density at radius 1 is 0.885 bits per heavy atom. The van der Waals surface area contributed by atoms with Crippen molar-refractivity contribution < 1.29 is 19.8 Å². The molecule has 0 heterocycles. The summed E-state index contributed by atoms with van der Waals surface area (Å²) in [5, 5.41) is 20.7. The second-order valence-electron chi connectivity index (χ2n) is 7.38. The van der Waals surface area contributed by atoms with Crippen molar-refractivity contribution in [1.29, 1.82) is 0 Å². The van der Waals surface area contributed by atoms with E-state index in [2.05, 4.69) is 20.8 Å². The van der Waals surface area contributed by atoms with Gasteiger partial charge in [0.2, 0.25) is 0 Å². The summed E-state index contributed by atoms with van der Waals surface area (Å²) >= 11 is 0. The molecule has 0 atom stereocenters. The van der Waals surface area contributed by atoms with Crippen LogP contribution in [0.2, 0.25) is 11.1 Å². The lowest BCUT2D eigenvalue weighted by Crippen LogP contribution is -2.64. The number of carbonyl (C=O) groups is 2. The molecule has 2 rings (SSSR count). The van der Waals surface area contributed by atoms with Gasteiger partial charge in [0.15, 0.2) is 0 Å². The van der Waals surface area contributed by atoms with E-state index in [-0.39, 0.29) is 16.7 Å². The fourth-order valence-corrected chi connectivity index (χ4v) is 8.92. The van der Waals surface area contributed by atoms with E-state index in [1.165, 1.54) is 0 Å². The van der Waals surface area contributed by atoms with Gasteiger partial charge in [-0.1, -0.05) is 91.8 Å². The topological polar surface area (TPSA) is 74.6 Å². The smallest absolute Gasteiger partial charge is 0.331 e. The number of hydrogen-bond donors (Lipinski definition) is 2. The summed E-state index contributed by atoms with van der Waals surface area (Å²) in [6, 6.07) is 20.0. The molecule has 0 aromatic heterocycles. The fourth-order valence-electron chi connectivity index (χ4n) is 3.57. The Kier molecular flexibility index (Phi) is 5.82. The molecule has 0 saturated carbocycles. The van der Waals surface area contributed by atoms with Gasteiger partial charge in [-0.05, 0) is 11.1 Å². The lowest BCUT2D eigenvalue weighted by atomic mass is 10.2. The summed E-state index contributed by atoms with van der Waals surface area (Å²) < 4.78 is 0. The fraction of sp³-hybridized carbons (Fsp3) is 0.238. The molecule has 4 nitrogen and oxygen atoms in total. The van der Waals surface area contributed by atoms with Gasteiger partial charge >= 0.3 is 11.9 Å². The lowest BCUT2D eigenvalue weighted by Gasteiger charge is -2.44. The minimum atomic E-state index is -2.65. The highest BCUT2D eigenvalue weighted by molar-refractivity contribution is 7.04. The molecular formula is C21H24O4Si. The molecule has 0 radical (unpaired) electrons. The first kappa shape index (κ1) is 19.7. The predicted octanol–water partition coefficient (Wildman–Crippen LogP) is 3.15. The maximum Gasteiger partial charge on any atom is 0.331 e. The summed E-state index contributed by atoms with van der Waals surface area (Å²) in [6.45, 7) is 6.33. The third-order valence-corrected chi connectivity index (χ3v) is 11.0. The standard InChI is InChI=1S/C21H24O4Si/c1-21(2,3)26(17-10-6-4-7-11-17,18-12-8-5-9-13-18)15-16(20(24)25)14-19(22)23/h4-14H,15H2,1-3H3,(H,22,23)(H,24,25)/b16-14+. The van der Waals surface area contributed by atoms with Crippen molar-refractivity contribution in [2.75, 3.05) is 0 Å². The van der Waals surface area contributed by atoms with E-state index in [0.717, 1.165) is 16.4 Å². The van der Waals surface area contributed by atoms with Crippen LogP contribution in [0.3, 0.4) is 0 Å². The molecule has 0 spiro atoms. The van der Waals surface area contributed by atoms with E-state index in [9.17, 15) is 14.7 Å². The SMILES string of the molecule is CC(C)(C)[Si](C/C(=C\C(=O)O)C(=O)O)(c1ccccc1)c1ccccc1. The van der Waals surface area contributed by atoms with E-state index in [0.29, 0.717) is 0 Å². The molecule has 136 valence electrons. The molecule has 2 N–H and O–H groups in total. The first-order valence-corrected chi connectivity index (χ1v) is 10.7. The summed E-state index contributed by atoms with van der Waals surface area (Å²) in [5.74, 6) is -2.42. The first-order valence-electron chi connectivity index (χ1n) is 8.46. The molecule has 0 fully saturated rings. The summed E-state index contributed by atoms with van der Waals surface area (Å²) in [6.07, 6.45) is 0.835. The van der Waals surface area contributed by atoms with E-state index >= 15 is 0 Å². The van der Waals surface area contributed by atoms with Crippen LogP contribution in [0.15, 0.2) is 72.3 Å².